The van der Waals surface area contributed by atoms with Gasteiger partial charge in [-0.25, -0.2) is 14.2 Å². The molecule has 1 aliphatic heterocycles. The standard InChI is InChI=1S/C22H26ClFN4O4/c23-16-12-25-13-17(24)19(16)21(29)28-18(22(30)31)8-11-32-10-2-1-5-15-7-6-14-4-3-9-26-20(14)27-15/h6-7,12-13,18H,1-5,8-11H2,(H,26,27)(H,28,29)(H,30,31). The molecule has 1 aliphatic rings. The molecule has 1 atom stereocenters. The number of halogens is 2. The number of carboxylic acid groups (broad SMARTS) is 1. The molecule has 0 saturated heterocycles. The van der Waals surface area contributed by atoms with Gasteiger partial charge in [0.1, 0.15) is 11.9 Å². The van der Waals surface area contributed by atoms with Crippen LogP contribution in [0.5, 0.6) is 0 Å². The highest BCUT2D eigenvalue weighted by Gasteiger charge is 2.24. The van der Waals surface area contributed by atoms with Gasteiger partial charge in [0.15, 0.2) is 5.82 Å². The van der Waals surface area contributed by atoms with Crippen LogP contribution in [0.2, 0.25) is 5.02 Å². The van der Waals surface area contributed by atoms with Gasteiger partial charge < -0.3 is 20.5 Å². The van der Waals surface area contributed by atoms with E-state index in [4.69, 9.17) is 16.3 Å². The third-order valence-corrected chi connectivity index (χ3v) is 5.44. The van der Waals surface area contributed by atoms with E-state index in [2.05, 4.69) is 32.7 Å². The number of rotatable bonds is 11. The average molecular weight is 465 g/mol. The number of aliphatic carboxylic acids is 1. The Morgan fingerprint density at radius 3 is 2.91 bits per heavy atom. The molecule has 3 N–H and O–H groups in total. The quantitative estimate of drug-likeness (QED) is 0.437. The molecule has 0 radical (unpaired) electrons. The van der Waals surface area contributed by atoms with Crippen LogP contribution in [0.1, 0.15) is 47.3 Å². The third kappa shape index (κ3) is 6.61. The minimum absolute atomic E-state index is 0.0451. The smallest absolute Gasteiger partial charge is 0.326 e. The summed E-state index contributed by atoms with van der Waals surface area (Å²) < 4.78 is 19.3. The van der Waals surface area contributed by atoms with Crippen LogP contribution in [0, 0.1) is 5.82 Å². The molecule has 0 bridgehead atoms. The molecule has 1 amide bonds. The van der Waals surface area contributed by atoms with Crippen molar-refractivity contribution in [3.8, 4) is 0 Å². The van der Waals surface area contributed by atoms with Gasteiger partial charge in [0.05, 0.1) is 16.8 Å². The van der Waals surface area contributed by atoms with Gasteiger partial charge in [0, 0.05) is 38.1 Å². The number of amides is 1. The number of nitrogens with one attached hydrogen (secondary N) is 2. The molecular formula is C22H26ClFN4O4. The fourth-order valence-electron chi connectivity index (χ4n) is 3.44. The summed E-state index contributed by atoms with van der Waals surface area (Å²) in [5.74, 6) is -2.08. The molecule has 10 heteroatoms. The number of fused-ring (bicyclic) bond motifs is 1. The van der Waals surface area contributed by atoms with Crippen LogP contribution in [-0.4, -0.2) is 52.8 Å². The zero-order valence-electron chi connectivity index (χ0n) is 17.6. The average Bonchev–Trinajstić information content (AvgIpc) is 2.77. The highest BCUT2D eigenvalue weighted by molar-refractivity contribution is 6.33. The second-order valence-corrected chi connectivity index (χ2v) is 7.95. The van der Waals surface area contributed by atoms with E-state index in [9.17, 15) is 19.1 Å². The van der Waals surface area contributed by atoms with E-state index in [-0.39, 0.29) is 18.1 Å². The molecule has 3 heterocycles. The molecule has 1 unspecified atom stereocenters. The minimum Gasteiger partial charge on any atom is -0.480 e. The number of nitrogens with zero attached hydrogens (tertiary/aromatic N) is 2. The van der Waals surface area contributed by atoms with Gasteiger partial charge in [-0.15, -0.1) is 0 Å². The largest absolute Gasteiger partial charge is 0.480 e. The molecule has 0 spiro atoms. The molecule has 2 aromatic rings. The minimum atomic E-state index is -1.24. The maximum Gasteiger partial charge on any atom is 0.326 e. The van der Waals surface area contributed by atoms with Crippen molar-refractivity contribution in [2.75, 3.05) is 25.1 Å². The molecule has 8 nitrogen and oxygen atoms in total. The van der Waals surface area contributed by atoms with E-state index in [1.165, 1.54) is 5.56 Å². The van der Waals surface area contributed by atoms with Gasteiger partial charge in [0.25, 0.3) is 5.91 Å². The lowest BCUT2D eigenvalue weighted by atomic mass is 10.1. The predicted octanol–water partition coefficient (Wildman–Crippen LogP) is 3.24. The fourth-order valence-corrected chi connectivity index (χ4v) is 3.67. The van der Waals surface area contributed by atoms with Gasteiger partial charge in [-0.1, -0.05) is 17.7 Å². The lowest BCUT2D eigenvalue weighted by Gasteiger charge is -2.17. The van der Waals surface area contributed by atoms with Crippen molar-refractivity contribution in [2.45, 2.75) is 44.6 Å². The highest BCUT2D eigenvalue weighted by Crippen LogP contribution is 2.20. The molecule has 0 saturated carbocycles. The first-order valence-electron chi connectivity index (χ1n) is 10.6. The van der Waals surface area contributed by atoms with Gasteiger partial charge in [-0.2, -0.15) is 0 Å². The first kappa shape index (κ1) is 23.9. The number of carbonyl (C=O) groups is 2. The van der Waals surface area contributed by atoms with Crippen LogP contribution < -0.4 is 10.6 Å². The number of carbonyl (C=O) groups excluding carboxylic acids is 1. The summed E-state index contributed by atoms with van der Waals surface area (Å²) in [6.07, 6.45) is 6.73. The zero-order valence-corrected chi connectivity index (χ0v) is 18.3. The lowest BCUT2D eigenvalue weighted by molar-refractivity contribution is -0.139. The van der Waals surface area contributed by atoms with E-state index in [1.54, 1.807) is 0 Å². The molecule has 172 valence electrons. The molecule has 0 aromatic carbocycles. The van der Waals surface area contributed by atoms with Gasteiger partial charge >= 0.3 is 5.97 Å². The summed E-state index contributed by atoms with van der Waals surface area (Å²) in [7, 11) is 0. The number of aromatic nitrogens is 2. The number of aryl methyl sites for hydroxylation is 2. The zero-order chi connectivity index (χ0) is 22.9. The first-order valence-corrected chi connectivity index (χ1v) is 11.0. The summed E-state index contributed by atoms with van der Waals surface area (Å²) in [5.41, 5.74) is 1.87. The Kier molecular flexibility index (Phi) is 8.75. The van der Waals surface area contributed by atoms with E-state index < -0.39 is 29.3 Å². The Morgan fingerprint density at radius 2 is 2.12 bits per heavy atom. The number of carboxylic acids is 1. The van der Waals surface area contributed by atoms with Crippen molar-refractivity contribution in [3.63, 3.8) is 0 Å². The Hall–Kier alpha value is -2.78. The molecule has 3 rings (SSSR count). The maximum absolute atomic E-state index is 13.8. The van der Waals surface area contributed by atoms with Gasteiger partial charge in [-0.05, 0) is 43.7 Å². The molecule has 0 fully saturated rings. The highest BCUT2D eigenvalue weighted by atomic mass is 35.5. The molecule has 0 aliphatic carbocycles. The summed E-state index contributed by atoms with van der Waals surface area (Å²) in [6.45, 7) is 1.57. The van der Waals surface area contributed by atoms with E-state index in [1.807, 2.05) is 0 Å². The monoisotopic (exact) mass is 464 g/mol. The van der Waals surface area contributed by atoms with Crippen LogP contribution in [0.3, 0.4) is 0 Å². The Balaban J connectivity index is 1.36. The SMILES string of the molecule is O=C(NC(CCOCCCCc1ccc2c(n1)NCCC2)C(=O)O)c1c(F)cncc1Cl. The first-order chi connectivity index (χ1) is 15.5. The maximum atomic E-state index is 13.8. The number of hydrogen-bond acceptors (Lipinski definition) is 6. The summed E-state index contributed by atoms with van der Waals surface area (Å²) in [5, 5.41) is 14.8. The predicted molar refractivity (Wildman–Crippen MR) is 118 cm³/mol. The van der Waals surface area contributed by atoms with Crippen molar-refractivity contribution in [1.82, 2.24) is 15.3 Å². The van der Waals surface area contributed by atoms with Crippen LogP contribution in [-0.2, 0) is 22.4 Å². The van der Waals surface area contributed by atoms with E-state index in [0.29, 0.717) is 6.61 Å². The normalized spacial score (nSPS) is 13.7. The van der Waals surface area contributed by atoms with Crippen molar-refractivity contribution in [2.24, 2.45) is 0 Å². The number of hydrogen-bond donors (Lipinski definition) is 3. The van der Waals surface area contributed by atoms with E-state index >= 15 is 0 Å². The topological polar surface area (TPSA) is 113 Å². The number of unbranched alkanes of at least 4 members (excludes halogenated alkanes) is 1. The van der Waals surface area contributed by atoms with Crippen molar-refractivity contribution < 1.29 is 23.8 Å². The number of ether oxygens (including phenoxy) is 1. The van der Waals surface area contributed by atoms with Crippen LogP contribution in [0.4, 0.5) is 10.2 Å². The fraction of sp³-hybridized carbons (Fsp3) is 0.455. The van der Waals surface area contributed by atoms with Crippen molar-refractivity contribution in [1.29, 1.82) is 0 Å². The molecule has 2 aromatic heterocycles. The second-order valence-electron chi connectivity index (χ2n) is 7.54. The Labute approximate surface area is 190 Å². The summed E-state index contributed by atoms with van der Waals surface area (Å²) >= 11 is 5.80. The Morgan fingerprint density at radius 1 is 1.28 bits per heavy atom. The van der Waals surface area contributed by atoms with Gasteiger partial charge in [-0.3, -0.25) is 9.78 Å². The van der Waals surface area contributed by atoms with Crippen LogP contribution in [0.25, 0.3) is 0 Å². The van der Waals surface area contributed by atoms with Crippen LogP contribution in [0.15, 0.2) is 24.5 Å². The summed E-state index contributed by atoms with van der Waals surface area (Å²) in [4.78, 5) is 31.9. The number of pyridine rings is 2. The van der Waals surface area contributed by atoms with Crippen molar-refractivity contribution >= 4 is 29.3 Å². The third-order valence-electron chi connectivity index (χ3n) is 5.16. The Bertz CT molecular complexity index is 939. The lowest BCUT2D eigenvalue weighted by Crippen LogP contribution is -2.42. The van der Waals surface area contributed by atoms with Crippen molar-refractivity contribution in [3.05, 3.63) is 52.2 Å². The van der Waals surface area contributed by atoms with Crippen LogP contribution >= 0.6 is 11.6 Å². The molecule has 32 heavy (non-hydrogen) atoms. The van der Waals surface area contributed by atoms with Gasteiger partial charge in [0.2, 0.25) is 0 Å². The van der Waals surface area contributed by atoms with E-state index in [0.717, 1.165) is 62.6 Å². The molecular weight excluding hydrogens is 439 g/mol. The second kappa shape index (κ2) is 11.7. The number of anilines is 1. The summed E-state index contributed by atoms with van der Waals surface area (Å²) in [6, 6.07) is 2.97.